The third-order valence-electron chi connectivity index (χ3n) is 7.87. The molecule has 4 rings (SSSR count). The van der Waals surface area contributed by atoms with Crippen molar-refractivity contribution in [1.82, 2.24) is 10.2 Å². The summed E-state index contributed by atoms with van der Waals surface area (Å²) in [5.74, 6) is -0.190. The van der Waals surface area contributed by atoms with Crippen LogP contribution in [-0.4, -0.2) is 50.9 Å². The summed E-state index contributed by atoms with van der Waals surface area (Å²) in [6.45, 7) is 5.46. The molecule has 2 amide bonds. The van der Waals surface area contributed by atoms with Crippen LogP contribution in [-0.2, 0) is 26.2 Å². The number of aryl methyl sites for hydroxylation is 2. The van der Waals surface area contributed by atoms with Crippen LogP contribution in [0.1, 0.15) is 55.7 Å². The average Bonchev–Trinajstić information content (AvgIpc) is 3.50. The van der Waals surface area contributed by atoms with E-state index in [9.17, 15) is 18.0 Å². The second kappa shape index (κ2) is 14.4. The standard InChI is InChI=1S/C33H40BrN3O5S/c1-5-30(33(39)35-26-8-6-7-9-26)36(21-25-14-10-23(2)11-15-25)32(38)22-37(27-16-12-24(3)13-17-27)43(40,41)28-18-19-31(42-4)29(34)20-28/h10-20,26,30H,5-9,21-22H2,1-4H3,(H,35,39)/t30-/m0/s1. The molecule has 3 aromatic rings. The van der Waals surface area contributed by atoms with Gasteiger partial charge in [0.1, 0.15) is 18.3 Å². The Kier molecular flexibility index (Phi) is 10.9. The fraction of sp³-hybridized carbons (Fsp3) is 0.394. The molecule has 10 heteroatoms. The Balaban J connectivity index is 1.72. The molecule has 43 heavy (non-hydrogen) atoms. The monoisotopic (exact) mass is 669 g/mol. The number of rotatable bonds is 12. The third kappa shape index (κ3) is 7.97. The second-order valence-electron chi connectivity index (χ2n) is 11.1. The van der Waals surface area contributed by atoms with Crippen molar-refractivity contribution in [2.75, 3.05) is 18.0 Å². The van der Waals surface area contributed by atoms with Crippen LogP contribution < -0.4 is 14.4 Å². The number of ether oxygens (including phenoxy) is 1. The first-order chi connectivity index (χ1) is 20.5. The molecule has 230 valence electrons. The van der Waals surface area contributed by atoms with Crippen molar-refractivity contribution in [3.8, 4) is 5.75 Å². The van der Waals surface area contributed by atoms with E-state index in [-0.39, 0.29) is 23.4 Å². The minimum atomic E-state index is -4.19. The van der Waals surface area contributed by atoms with Gasteiger partial charge < -0.3 is 15.0 Å². The lowest BCUT2D eigenvalue weighted by Crippen LogP contribution is -2.53. The number of amides is 2. The Morgan fingerprint density at radius 3 is 2.14 bits per heavy atom. The summed E-state index contributed by atoms with van der Waals surface area (Å²) >= 11 is 3.38. The van der Waals surface area contributed by atoms with E-state index < -0.39 is 28.5 Å². The molecule has 0 aliphatic heterocycles. The van der Waals surface area contributed by atoms with Gasteiger partial charge in [-0.25, -0.2) is 8.42 Å². The second-order valence-corrected chi connectivity index (χ2v) is 13.8. The summed E-state index contributed by atoms with van der Waals surface area (Å²) in [4.78, 5) is 29.4. The summed E-state index contributed by atoms with van der Waals surface area (Å²) < 4.78 is 35.2. The van der Waals surface area contributed by atoms with Crippen molar-refractivity contribution in [3.63, 3.8) is 0 Å². The van der Waals surface area contributed by atoms with E-state index in [0.717, 1.165) is 46.7 Å². The molecule has 0 aromatic heterocycles. The summed E-state index contributed by atoms with van der Waals surface area (Å²) in [7, 11) is -2.69. The van der Waals surface area contributed by atoms with Gasteiger partial charge in [0.25, 0.3) is 10.0 Å². The topological polar surface area (TPSA) is 96.0 Å². The maximum atomic E-state index is 14.3. The molecule has 0 spiro atoms. The van der Waals surface area contributed by atoms with Crippen molar-refractivity contribution in [2.24, 2.45) is 0 Å². The van der Waals surface area contributed by atoms with Crippen LogP contribution in [0.2, 0.25) is 0 Å². The van der Waals surface area contributed by atoms with Crippen molar-refractivity contribution in [3.05, 3.63) is 87.9 Å². The van der Waals surface area contributed by atoms with Gasteiger partial charge in [0, 0.05) is 12.6 Å². The van der Waals surface area contributed by atoms with Gasteiger partial charge in [-0.15, -0.1) is 0 Å². The van der Waals surface area contributed by atoms with Gasteiger partial charge in [0.15, 0.2) is 0 Å². The Hall–Kier alpha value is -3.37. The number of hydrogen-bond donors (Lipinski definition) is 1. The normalized spacial score (nSPS) is 14.3. The molecular weight excluding hydrogens is 630 g/mol. The van der Waals surface area contributed by atoms with Gasteiger partial charge in [-0.05, 0) is 84.9 Å². The van der Waals surface area contributed by atoms with Crippen molar-refractivity contribution in [2.45, 2.75) is 76.4 Å². The molecule has 0 saturated heterocycles. The number of carbonyl (C=O) groups excluding carboxylic acids is 2. The SMILES string of the molecule is CC[C@@H](C(=O)NC1CCCC1)N(Cc1ccc(C)cc1)C(=O)CN(c1ccc(C)cc1)S(=O)(=O)c1ccc(OC)c(Br)c1. The van der Waals surface area contributed by atoms with E-state index in [2.05, 4.69) is 21.2 Å². The number of nitrogens with zero attached hydrogens (tertiary/aromatic N) is 2. The third-order valence-corrected chi connectivity index (χ3v) is 10.3. The lowest BCUT2D eigenvalue weighted by atomic mass is 10.1. The van der Waals surface area contributed by atoms with Crippen LogP contribution in [0, 0.1) is 13.8 Å². The fourth-order valence-corrected chi connectivity index (χ4v) is 7.48. The Labute approximate surface area is 263 Å². The fourth-order valence-electron chi connectivity index (χ4n) is 5.35. The van der Waals surface area contributed by atoms with E-state index in [1.165, 1.54) is 24.1 Å². The highest BCUT2D eigenvalue weighted by Crippen LogP contribution is 2.31. The zero-order chi connectivity index (χ0) is 31.1. The molecule has 0 radical (unpaired) electrons. The molecule has 1 aliphatic rings. The van der Waals surface area contributed by atoms with Crippen LogP contribution in [0.4, 0.5) is 5.69 Å². The quantitative estimate of drug-likeness (QED) is 0.250. The van der Waals surface area contributed by atoms with Crippen LogP contribution in [0.5, 0.6) is 5.75 Å². The molecule has 8 nitrogen and oxygen atoms in total. The van der Waals surface area contributed by atoms with Gasteiger partial charge >= 0.3 is 0 Å². The van der Waals surface area contributed by atoms with Gasteiger partial charge in [-0.3, -0.25) is 13.9 Å². The Morgan fingerprint density at radius 2 is 1.58 bits per heavy atom. The van der Waals surface area contributed by atoms with E-state index in [4.69, 9.17) is 4.74 Å². The molecule has 1 atom stereocenters. The number of carbonyl (C=O) groups is 2. The van der Waals surface area contributed by atoms with E-state index >= 15 is 0 Å². The smallest absolute Gasteiger partial charge is 0.264 e. The minimum absolute atomic E-state index is 0.00431. The number of anilines is 1. The largest absolute Gasteiger partial charge is 0.496 e. The summed E-state index contributed by atoms with van der Waals surface area (Å²) in [5, 5.41) is 3.14. The molecule has 1 fully saturated rings. The first-order valence-electron chi connectivity index (χ1n) is 14.6. The molecule has 1 aliphatic carbocycles. The molecule has 3 aromatic carbocycles. The molecule has 1 saturated carbocycles. The molecule has 0 unspecified atom stereocenters. The van der Waals surface area contributed by atoms with Gasteiger partial charge in [-0.2, -0.15) is 0 Å². The predicted octanol–water partition coefficient (Wildman–Crippen LogP) is 6.14. The lowest BCUT2D eigenvalue weighted by molar-refractivity contribution is -0.140. The van der Waals surface area contributed by atoms with E-state index in [0.29, 0.717) is 22.3 Å². The van der Waals surface area contributed by atoms with E-state index in [1.807, 2.05) is 45.0 Å². The van der Waals surface area contributed by atoms with Gasteiger partial charge in [0.05, 0.1) is 22.2 Å². The van der Waals surface area contributed by atoms with Crippen LogP contribution in [0.25, 0.3) is 0 Å². The number of benzene rings is 3. The van der Waals surface area contributed by atoms with Crippen LogP contribution >= 0.6 is 15.9 Å². The van der Waals surface area contributed by atoms with Crippen LogP contribution in [0.15, 0.2) is 76.1 Å². The molecule has 0 heterocycles. The first kappa shape index (κ1) is 32.5. The predicted molar refractivity (Wildman–Crippen MR) is 173 cm³/mol. The maximum absolute atomic E-state index is 14.3. The summed E-state index contributed by atoms with van der Waals surface area (Å²) in [6.07, 6.45) is 4.37. The van der Waals surface area contributed by atoms with Crippen molar-refractivity contribution in [1.29, 1.82) is 0 Å². The Morgan fingerprint density at radius 1 is 0.977 bits per heavy atom. The highest BCUT2D eigenvalue weighted by Gasteiger charge is 2.34. The van der Waals surface area contributed by atoms with Crippen molar-refractivity contribution < 1.29 is 22.7 Å². The summed E-state index contributed by atoms with van der Waals surface area (Å²) in [6, 6.07) is 18.6. The number of hydrogen-bond acceptors (Lipinski definition) is 5. The van der Waals surface area contributed by atoms with Crippen molar-refractivity contribution >= 4 is 43.5 Å². The van der Waals surface area contributed by atoms with Gasteiger partial charge in [0.2, 0.25) is 11.8 Å². The maximum Gasteiger partial charge on any atom is 0.264 e. The highest BCUT2D eigenvalue weighted by atomic mass is 79.9. The zero-order valence-corrected chi connectivity index (χ0v) is 27.6. The molecule has 0 bridgehead atoms. The average molecular weight is 671 g/mol. The molecular formula is C33H40BrN3O5S. The Bertz CT molecular complexity index is 1520. The number of nitrogens with one attached hydrogen (secondary N) is 1. The number of halogens is 1. The van der Waals surface area contributed by atoms with Gasteiger partial charge in [-0.1, -0.05) is 67.3 Å². The van der Waals surface area contributed by atoms with Crippen LogP contribution in [0.3, 0.4) is 0 Å². The molecule has 1 N–H and O–H groups in total. The van der Waals surface area contributed by atoms with E-state index in [1.54, 1.807) is 30.3 Å². The summed E-state index contributed by atoms with van der Waals surface area (Å²) in [5.41, 5.74) is 3.24. The lowest BCUT2D eigenvalue weighted by Gasteiger charge is -2.34. The number of methoxy groups -OCH3 is 1. The minimum Gasteiger partial charge on any atom is -0.496 e. The zero-order valence-electron chi connectivity index (χ0n) is 25.2. The highest BCUT2D eigenvalue weighted by molar-refractivity contribution is 9.10. The first-order valence-corrected chi connectivity index (χ1v) is 16.8. The number of sulfonamides is 1.